The van der Waals surface area contributed by atoms with E-state index in [1.807, 2.05) is 66.9 Å². The summed E-state index contributed by atoms with van der Waals surface area (Å²) in [6.07, 6.45) is 3.83. The van der Waals surface area contributed by atoms with Crippen molar-refractivity contribution in [1.82, 2.24) is 9.97 Å². The zero-order chi connectivity index (χ0) is 28.2. The molecule has 0 spiro atoms. The molecule has 42 heavy (non-hydrogen) atoms. The SMILES string of the molecule is [CH3][Ge]([CH3])([CH3])[c]1ccc(-c2[c-]cccc2)nc1.[Ir].[c-]1ccc2c(oc3ccc(-c4ccccc4)cc32)c1-c1ccccn1. The molecule has 3 heterocycles. The number of hydrogen-bond donors (Lipinski definition) is 0. The van der Waals surface area contributed by atoms with Gasteiger partial charge >= 0.3 is 99.8 Å². The van der Waals surface area contributed by atoms with Crippen LogP contribution in [0.2, 0.25) is 17.3 Å². The van der Waals surface area contributed by atoms with Crippen molar-refractivity contribution >= 4 is 39.6 Å². The van der Waals surface area contributed by atoms with Crippen LogP contribution in [0.15, 0.2) is 132 Å². The third-order valence-electron chi connectivity index (χ3n) is 7.07. The Morgan fingerprint density at radius 2 is 1.45 bits per heavy atom. The van der Waals surface area contributed by atoms with E-state index in [-0.39, 0.29) is 20.1 Å². The van der Waals surface area contributed by atoms with E-state index in [2.05, 4.69) is 94.0 Å². The molecule has 7 rings (SSSR count). The van der Waals surface area contributed by atoms with Crippen LogP contribution in [0.1, 0.15) is 0 Å². The van der Waals surface area contributed by atoms with Crippen LogP contribution in [0.5, 0.6) is 0 Å². The Morgan fingerprint density at radius 1 is 0.643 bits per heavy atom. The second-order valence-electron chi connectivity index (χ2n) is 10.9. The molecule has 0 N–H and O–H groups in total. The third-order valence-corrected chi connectivity index (χ3v) is 11.3. The molecule has 4 aromatic carbocycles. The monoisotopic (exact) mass is 785 g/mol. The van der Waals surface area contributed by atoms with Gasteiger partial charge in [0, 0.05) is 31.7 Å². The molecular formula is C37H30GeIrN2O-2. The van der Waals surface area contributed by atoms with Crippen LogP contribution in [0.4, 0.5) is 0 Å². The molecule has 0 aliphatic heterocycles. The predicted octanol–water partition coefficient (Wildman–Crippen LogP) is 9.21. The van der Waals surface area contributed by atoms with Gasteiger partial charge in [0.2, 0.25) is 0 Å². The van der Waals surface area contributed by atoms with E-state index in [0.29, 0.717) is 0 Å². The average Bonchev–Trinajstić information content (AvgIpc) is 3.40. The number of nitrogens with zero attached hydrogens (tertiary/aromatic N) is 2. The Kier molecular flexibility index (Phi) is 9.18. The van der Waals surface area contributed by atoms with E-state index in [1.54, 1.807) is 6.20 Å². The molecule has 0 saturated carbocycles. The number of hydrogen-bond acceptors (Lipinski definition) is 3. The number of benzene rings is 4. The van der Waals surface area contributed by atoms with Crippen molar-refractivity contribution in [2.24, 2.45) is 0 Å². The zero-order valence-corrected chi connectivity index (χ0v) is 28.3. The van der Waals surface area contributed by atoms with E-state index >= 15 is 0 Å². The van der Waals surface area contributed by atoms with Gasteiger partial charge in [-0.1, -0.05) is 59.5 Å². The van der Waals surface area contributed by atoms with E-state index in [1.165, 1.54) is 15.5 Å². The molecule has 0 atom stereocenters. The number of aromatic nitrogens is 2. The molecule has 0 saturated heterocycles. The van der Waals surface area contributed by atoms with Gasteiger partial charge in [-0.3, -0.25) is 0 Å². The molecule has 5 heteroatoms. The number of fused-ring (bicyclic) bond motifs is 3. The smallest absolute Gasteiger partial charge is 0.120 e. The normalized spacial score (nSPS) is 11.0. The second kappa shape index (κ2) is 13.0. The van der Waals surface area contributed by atoms with Crippen LogP contribution >= 0.6 is 0 Å². The van der Waals surface area contributed by atoms with Crippen LogP contribution in [-0.4, -0.2) is 23.2 Å². The van der Waals surface area contributed by atoms with Crippen LogP contribution in [0.25, 0.3) is 55.6 Å². The van der Waals surface area contributed by atoms with Crippen molar-refractivity contribution in [3.05, 3.63) is 140 Å². The second-order valence-corrected chi connectivity index (χ2v) is 21.6. The zero-order valence-electron chi connectivity index (χ0n) is 23.8. The summed E-state index contributed by atoms with van der Waals surface area (Å²) in [4.78, 5) is 8.97. The number of furan rings is 1. The summed E-state index contributed by atoms with van der Waals surface area (Å²) in [6.45, 7) is 0. The molecule has 7 aromatic rings. The standard InChI is InChI=1S/C23H14NO.C14H16GeN.Ir/c1-2-7-16(8-3-1)17-12-13-22-20(15-17)18-9-6-10-19(23(18)25-22)21-11-4-5-14-24-21;1-15(2,3)13-9-10-14(16-11-13)12-7-5-4-6-8-12;/h1-9,11-15H;4-7,9-11H,1-3H3;/q2*-1;. The molecular weight excluding hydrogens is 753 g/mol. The Bertz CT molecular complexity index is 1900. The van der Waals surface area contributed by atoms with Gasteiger partial charge in [0.25, 0.3) is 0 Å². The van der Waals surface area contributed by atoms with Gasteiger partial charge in [-0.05, 0) is 35.0 Å². The fourth-order valence-electron chi connectivity index (χ4n) is 4.80. The van der Waals surface area contributed by atoms with Gasteiger partial charge in [0.1, 0.15) is 5.58 Å². The quantitative estimate of drug-likeness (QED) is 0.132. The number of pyridine rings is 2. The fraction of sp³-hybridized carbons (Fsp3) is 0.0811. The maximum atomic E-state index is 6.16. The average molecular weight is 783 g/mol. The molecule has 209 valence electrons. The first-order valence-corrected chi connectivity index (χ1v) is 21.1. The van der Waals surface area contributed by atoms with E-state index in [4.69, 9.17) is 4.42 Å². The summed E-state index contributed by atoms with van der Waals surface area (Å²) >= 11 is -1.72. The first-order chi connectivity index (χ1) is 20.0. The van der Waals surface area contributed by atoms with Crippen molar-refractivity contribution in [2.75, 3.05) is 0 Å². The van der Waals surface area contributed by atoms with Crippen LogP contribution < -0.4 is 4.40 Å². The predicted molar refractivity (Wildman–Crippen MR) is 173 cm³/mol. The van der Waals surface area contributed by atoms with E-state index in [9.17, 15) is 0 Å². The minimum absolute atomic E-state index is 0. The summed E-state index contributed by atoms with van der Waals surface area (Å²) in [5.74, 6) is 7.14. The third kappa shape index (κ3) is 6.47. The van der Waals surface area contributed by atoms with Crippen molar-refractivity contribution in [3.63, 3.8) is 0 Å². The van der Waals surface area contributed by atoms with Crippen LogP contribution in [0, 0.1) is 12.1 Å². The van der Waals surface area contributed by atoms with E-state index < -0.39 is 13.3 Å². The van der Waals surface area contributed by atoms with Crippen LogP contribution in [0.3, 0.4) is 0 Å². The molecule has 1 radical (unpaired) electrons. The van der Waals surface area contributed by atoms with Gasteiger partial charge in [-0.2, -0.15) is 0 Å². The summed E-state index contributed by atoms with van der Waals surface area (Å²) < 4.78 is 7.60. The van der Waals surface area contributed by atoms with Crippen molar-refractivity contribution < 1.29 is 24.5 Å². The molecule has 3 nitrogen and oxygen atoms in total. The largest absolute Gasteiger partial charge is 0.501 e. The summed E-state index contributed by atoms with van der Waals surface area (Å²) in [5.41, 5.74) is 7.94. The van der Waals surface area contributed by atoms with Crippen molar-refractivity contribution in [3.8, 4) is 33.6 Å². The van der Waals surface area contributed by atoms with Crippen LogP contribution in [-0.2, 0) is 20.1 Å². The van der Waals surface area contributed by atoms with E-state index in [0.717, 1.165) is 44.5 Å². The molecule has 0 amide bonds. The molecule has 0 bridgehead atoms. The molecule has 0 fully saturated rings. The van der Waals surface area contributed by atoms with Crippen molar-refractivity contribution in [1.29, 1.82) is 0 Å². The fourth-order valence-corrected chi connectivity index (χ4v) is 6.97. The minimum Gasteiger partial charge on any atom is -0.501 e. The summed E-state index contributed by atoms with van der Waals surface area (Å²) in [5, 5.41) is 2.20. The summed E-state index contributed by atoms with van der Waals surface area (Å²) in [7, 11) is 0. The first kappa shape index (κ1) is 29.7. The van der Waals surface area contributed by atoms with Gasteiger partial charge in [-0.25, -0.2) is 0 Å². The molecule has 0 aliphatic carbocycles. The molecule has 0 aliphatic rings. The minimum atomic E-state index is -1.72. The van der Waals surface area contributed by atoms with Gasteiger partial charge in [-0.15, -0.1) is 18.2 Å². The Hall–Kier alpha value is -3.83. The molecule has 3 aromatic heterocycles. The Balaban J connectivity index is 0.000000181. The maximum Gasteiger partial charge on any atom is 0.120 e. The maximum absolute atomic E-state index is 6.16. The summed E-state index contributed by atoms with van der Waals surface area (Å²) in [6, 6.07) is 45.4. The van der Waals surface area contributed by atoms with Gasteiger partial charge in [0.05, 0.1) is 5.58 Å². The Labute approximate surface area is 263 Å². The topological polar surface area (TPSA) is 38.9 Å². The molecule has 0 unspecified atom stereocenters. The van der Waals surface area contributed by atoms with Gasteiger partial charge < -0.3 is 9.40 Å². The first-order valence-electron chi connectivity index (χ1n) is 13.7. The number of rotatable bonds is 4. The van der Waals surface area contributed by atoms with Gasteiger partial charge in [0.15, 0.2) is 0 Å². The van der Waals surface area contributed by atoms with Crippen molar-refractivity contribution in [2.45, 2.75) is 17.3 Å². The Morgan fingerprint density at radius 3 is 2.14 bits per heavy atom.